The van der Waals surface area contributed by atoms with Crippen LogP contribution >= 0.6 is 0 Å². The lowest BCUT2D eigenvalue weighted by Gasteiger charge is -2.20. The highest BCUT2D eigenvalue weighted by Gasteiger charge is 2.17. The number of rotatable bonds is 2. The third-order valence-electron chi connectivity index (χ3n) is 1.84. The topological polar surface area (TPSA) is 55.1 Å². The van der Waals surface area contributed by atoms with E-state index >= 15 is 0 Å². The summed E-state index contributed by atoms with van der Waals surface area (Å²) in [6, 6.07) is 0. The van der Waals surface area contributed by atoms with Crippen LogP contribution in [0.15, 0.2) is 4.42 Å². The summed E-state index contributed by atoms with van der Waals surface area (Å²) >= 11 is 0. The molecule has 0 aliphatic heterocycles. The first-order valence-corrected chi connectivity index (χ1v) is 5.02. The average Bonchev–Trinajstić information content (AvgIpc) is 2.25. The van der Waals surface area contributed by atoms with E-state index in [1.807, 2.05) is 27.7 Å². The Balaban J connectivity index is 2.63. The number of nitrogens with zero attached hydrogens (tertiary/aromatic N) is 1. The van der Waals surface area contributed by atoms with Gasteiger partial charge < -0.3 is 9.73 Å². The van der Waals surface area contributed by atoms with Gasteiger partial charge in [-0.05, 0) is 27.7 Å². The van der Waals surface area contributed by atoms with Gasteiger partial charge in [0.15, 0.2) is 5.89 Å². The summed E-state index contributed by atoms with van der Waals surface area (Å²) in [5, 5.41) is 2.88. The van der Waals surface area contributed by atoms with Crippen molar-refractivity contribution >= 4 is 5.91 Å². The molecule has 0 unspecified atom stereocenters. The van der Waals surface area contributed by atoms with Crippen molar-refractivity contribution in [2.75, 3.05) is 0 Å². The Kier molecular flexibility index (Phi) is 3.17. The van der Waals surface area contributed by atoms with Gasteiger partial charge in [0.25, 0.3) is 0 Å². The van der Waals surface area contributed by atoms with Crippen molar-refractivity contribution < 1.29 is 9.21 Å². The lowest BCUT2D eigenvalue weighted by molar-refractivity contribution is -0.122. The number of carbonyl (C=O) groups is 1. The number of aromatic nitrogens is 1. The molecule has 1 N–H and O–H groups in total. The fraction of sp³-hybridized carbons (Fsp3) is 0.636. The summed E-state index contributed by atoms with van der Waals surface area (Å²) in [4.78, 5) is 15.7. The first kappa shape index (κ1) is 11.8. The second-order valence-corrected chi connectivity index (χ2v) is 4.72. The maximum atomic E-state index is 11.6. The van der Waals surface area contributed by atoms with E-state index in [0.29, 0.717) is 11.7 Å². The van der Waals surface area contributed by atoms with Crippen molar-refractivity contribution in [1.29, 1.82) is 0 Å². The molecule has 0 spiro atoms. The molecule has 1 amide bonds. The van der Waals surface area contributed by atoms with E-state index in [-0.39, 0.29) is 17.9 Å². The molecule has 1 rings (SSSR count). The number of hydrogen-bond acceptors (Lipinski definition) is 3. The van der Waals surface area contributed by atoms with Gasteiger partial charge in [0.2, 0.25) is 5.91 Å². The van der Waals surface area contributed by atoms with Crippen LogP contribution in [0.3, 0.4) is 0 Å². The minimum Gasteiger partial charge on any atom is -0.445 e. The largest absolute Gasteiger partial charge is 0.445 e. The summed E-state index contributed by atoms with van der Waals surface area (Å²) in [6.45, 7) is 9.46. The second kappa shape index (κ2) is 4.04. The van der Waals surface area contributed by atoms with Crippen LogP contribution in [0.1, 0.15) is 38.1 Å². The Morgan fingerprint density at radius 3 is 2.40 bits per heavy atom. The van der Waals surface area contributed by atoms with Crippen molar-refractivity contribution in [3.63, 3.8) is 0 Å². The number of hydrogen-bond donors (Lipinski definition) is 1. The van der Waals surface area contributed by atoms with Gasteiger partial charge in [0.05, 0.1) is 12.1 Å². The van der Waals surface area contributed by atoms with Gasteiger partial charge in [-0.25, -0.2) is 4.98 Å². The summed E-state index contributed by atoms with van der Waals surface area (Å²) in [5.41, 5.74) is 0.580. The number of aryl methyl sites for hydroxylation is 2. The predicted molar refractivity (Wildman–Crippen MR) is 57.6 cm³/mol. The molecule has 4 heteroatoms. The molecule has 15 heavy (non-hydrogen) atoms. The van der Waals surface area contributed by atoms with E-state index in [0.717, 1.165) is 5.69 Å². The van der Waals surface area contributed by atoms with Gasteiger partial charge in [-0.3, -0.25) is 4.79 Å². The van der Waals surface area contributed by atoms with Gasteiger partial charge in [0, 0.05) is 12.5 Å². The monoisotopic (exact) mass is 210 g/mol. The lowest BCUT2D eigenvalue weighted by atomic mass is 10.1. The van der Waals surface area contributed by atoms with Gasteiger partial charge in [-0.2, -0.15) is 0 Å². The third kappa shape index (κ3) is 3.73. The van der Waals surface area contributed by atoms with Gasteiger partial charge in [0.1, 0.15) is 5.76 Å². The zero-order chi connectivity index (χ0) is 11.6. The molecule has 1 aromatic rings. The molecule has 0 bridgehead atoms. The van der Waals surface area contributed by atoms with Gasteiger partial charge in [-0.15, -0.1) is 0 Å². The number of nitrogens with one attached hydrogen (secondary N) is 1. The number of carbonyl (C=O) groups excluding carboxylic acids is 1. The van der Waals surface area contributed by atoms with Crippen molar-refractivity contribution in [2.45, 2.75) is 46.6 Å². The molecule has 84 valence electrons. The van der Waals surface area contributed by atoms with Crippen molar-refractivity contribution in [3.05, 3.63) is 17.3 Å². The van der Waals surface area contributed by atoms with Crippen LogP contribution in [-0.2, 0) is 11.2 Å². The lowest BCUT2D eigenvalue weighted by Crippen LogP contribution is -2.41. The summed E-state index contributed by atoms with van der Waals surface area (Å²) in [6.07, 6.45) is 0.254. The molecule has 0 aromatic carbocycles. The zero-order valence-electron chi connectivity index (χ0n) is 9.97. The first-order chi connectivity index (χ1) is 6.78. The van der Waals surface area contributed by atoms with Crippen LogP contribution in [0.25, 0.3) is 0 Å². The molecule has 0 saturated carbocycles. The van der Waals surface area contributed by atoms with Crippen molar-refractivity contribution in [1.82, 2.24) is 10.3 Å². The van der Waals surface area contributed by atoms with E-state index < -0.39 is 0 Å². The molecular formula is C11H18N2O2. The van der Waals surface area contributed by atoms with E-state index in [9.17, 15) is 4.79 Å². The standard InChI is InChI=1S/C11H18N2O2/c1-7-9(15-8(2)12-7)6-10(14)13-11(3,4)5/h6H2,1-5H3,(H,13,14). The van der Waals surface area contributed by atoms with Crippen LogP contribution < -0.4 is 5.32 Å². The van der Waals surface area contributed by atoms with E-state index in [1.165, 1.54) is 0 Å². The number of oxazole rings is 1. The fourth-order valence-electron chi connectivity index (χ4n) is 1.35. The van der Waals surface area contributed by atoms with Crippen molar-refractivity contribution in [2.24, 2.45) is 0 Å². The highest BCUT2D eigenvalue weighted by molar-refractivity contribution is 5.78. The SMILES string of the molecule is Cc1nc(C)c(CC(=O)NC(C)(C)C)o1. The summed E-state index contributed by atoms with van der Waals surface area (Å²) < 4.78 is 5.33. The third-order valence-corrected chi connectivity index (χ3v) is 1.84. The predicted octanol–water partition coefficient (Wildman–Crippen LogP) is 1.75. The highest BCUT2D eigenvalue weighted by Crippen LogP contribution is 2.10. The zero-order valence-corrected chi connectivity index (χ0v) is 9.97. The molecule has 0 aliphatic carbocycles. The van der Waals surface area contributed by atoms with E-state index in [4.69, 9.17) is 4.42 Å². The highest BCUT2D eigenvalue weighted by atomic mass is 16.4. The average molecular weight is 210 g/mol. The fourth-order valence-corrected chi connectivity index (χ4v) is 1.35. The molecule has 0 fully saturated rings. The van der Waals surface area contributed by atoms with Crippen molar-refractivity contribution in [3.8, 4) is 0 Å². The minimum absolute atomic E-state index is 0.0400. The van der Waals surface area contributed by atoms with Crippen LogP contribution in [-0.4, -0.2) is 16.4 Å². The Morgan fingerprint density at radius 1 is 1.40 bits per heavy atom. The normalized spacial score (nSPS) is 11.5. The Labute approximate surface area is 90.1 Å². The van der Waals surface area contributed by atoms with Gasteiger partial charge >= 0.3 is 0 Å². The molecule has 0 saturated heterocycles. The van der Waals surface area contributed by atoms with Gasteiger partial charge in [-0.1, -0.05) is 0 Å². The van der Waals surface area contributed by atoms with E-state index in [1.54, 1.807) is 6.92 Å². The Bertz CT molecular complexity index is 361. The summed E-state index contributed by atoms with van der Waals surface area (Å²) in [5.74, 6) is 1.21. The maximum Gasteiger partial charge on any atom is 0.228 e. The first-order valence-electron chi connectivity index (χ1n) is 5.02. The van der Waals surface area contributed by atoms with Crippen LogP contribution in [0, 0.1) is 13.8 Å². The molecule has 4 nitrogen and oxygen atoms in total. The van der Waals surface area contributed by atoms with Crippen LogP contribution in [0.5, 0.6) is 0 Å². The quantitative estimate of drug-likeness (QED) is 0.809. The minimum atomic E-state index is -0.208. The second-order valence-electron chi connectivity index (χ2n) is 4.72. The van der Waals surface area contributed by atoms with Crippen LogP contribution in [0.2, 0.25) is 0 Å². The molecule has 1 heterocycles. The number of amides is 1. The molecule has 1 aromatic heterocycles. The molecular weight excluding hydrogens is 192 g/mol. The smallest absolute Gasteiger partial charge is 0.228 e. The van der Waals surface area contributed by atoms with E-state index in [2.05, 4.69) is 10.3 Å². The molecule has 0 atom stereocenters. The summed E-state index contributed by atoms with van der Waals surface area (Å²) in [7, 11) is 0. The molecule has 0 aliphatic rings. The Morgan fingerprint density at radius 2 is 2.00 bits per heavy atom. The Hall–Kier alpha value is -1.32. The maximum absolute atomic E-state index is 11.6. The van der Waals surface area contributed by atoms with Crippen LogP contribution in [0.4, 0.5) is 0 Å². The molecule has 0 radical (unpaired) electrons.